The van der Waals surface area contributed by atoms with Crippen molar-refractivity contribution in [2.45, 2.75) is 23.5 Å². The van der Waals surface area contributed by atoms with Crippen LogP contribution in [0.4, 0.5) is 13.2 Å². The Morgan fingerprint density at radius 1 is 1.13 bits per heavy atom. The van der Waals surface area contributed by atoms with E-state index in [1.807, 2.05) is 29.0 Å². The number of carbonyl (C=O) groups excluding carboxylic acids is 1. The zero-order valence-corrected chi connectivity index (χ0v) is 18.4. The third kappa shape index (κ3) is 4.54. The zero-order valence-electron chi connectivity index (χ0n) is 15.9. The molecule has 11 heteroatoms. The molecule has 31 heavy (non-hydrogen) atoms. The first-order valence-corrected chi connectivity index (χ1v) is 12.5. The maximum atomic E-state index is 13.0. The van der Waals surface area contributed by atoms with Crippen molar-refractivity contribution in [1.29, 1.82) is 0 Å². The molecule has 2 aromatic heterocycles. The molecule has 0 aliphatic carbocycles. The van der Waals surface area contributed by atoms with Crippen molar-refractivity contribution >= 4 is 38.6 Å². The first-order valence-electron chi connectivity index (χ1n) is 9.23. The molecule has 1 amide bonds. The molecule has 164 valence electrons. The Balaban J connectivity index is 1.53. The van der Waals surface area contributed by atoms with E-state index in [4.69, 9.17) is 0 Å². The van der Waals surface area contributed by atoms with Crippen molar-refractivity contribution in [2.75, 3.05) is 13.1 Å². The van der Waals surface area contributed by atoms with E-state index in [9.17, 15) is 26.4 Å². The molecule has 0 unspecified atom stereocenters. The molecular formula is C20H17F3N2O3S3. The summed E-state index contributed by atoms with van der Waals surface area (Å²) in [5.74, 6) is -0.439. The number of nitrogens with one attached hydrogen (secondary N) is 1. The summed E-state index contributed by atoms with van der Waals surface area (Å²) < 4.78 is 65.9. The van der Waals surface area contributed by atoms with Gasteiger partial charge in [-0.15, -0.1) is 22.7 Å². The van der Waals surface area contributed by atoms with Crippen LogP contribution in [-0.2, 0) is 27.4 Å². The summed E-state index contributed by atoms with van der Waals surface area (Å²) in [5.41, 5.74) is -0.0479. The number of nitrogens with zero attached hydrogens (tertiary/aromatic N) is 1. The summed E-state index contributed by atoms with van der Waals surface area (Å²) in [5, 5.41) is 3.88. The largest absolute Gasteiger partial charge is 0.416 e. The molecule has 0 spiro atoms. The van der Waals surface area contributed by atoms with Gasteiger partial charge < -0.3 is 4.90 Å². The molecule has 3 aromatic rings. The van der Waals surface area contributed by atoms with E-state index in [0.717, 1.165) is 28.6 Å². The van der Waals surface area contributed by atoms with Crippen molar-refractivity contribution in [2.24, 2.45) is 0 Å². The van der Waals surface area contributed by atoms with E-state index in [1.54, 1.807) is 16.2 Å². The first kappa shape index (κ1) is 22.0. The van der Waals surface area contributed by atoms with Crippen LogP contribution in [0.25, 0.3) is 0 Å². The molecule has 1 aliphatic heterocycles. The van der Waals surface area contributed by atoms with E-state index in [2.05, 4.69) is 4.72 Å². The zero-order chi connectivity index (χ0) is 22.2. The van der Waals surface area contributed by atoms with Crippen LogP contribution in [-0.4, -0.2) is 32.3 Å². The van der Waals surface area contributed by atoms with Gasteiger partial charge in [0.1, 0.15) is 0 Å². The summed E-state index contributed by atoms with van der Waals surface area (Å²) in [6.07, 6.45) is -4.00. The molecular weight excluding hydrogens is 469 g/mol. The minimum Gasteiger partial charge on any atom is -0.329 e. The van der Waals surface area contributed by atoms with E-state index < -0.39 is 39.1 Å². The van der Waals surface area contributed by atoms with E-state index in [1.165, 1.54) is 16.2 Å². The Bertz CT molecular complexity index is 1190. The van der Waals surface area contributed by atoms with Gasteiger partial charge in [0, 0.05) is 16.3 Å². The van der Waals surface area contributed by atoms with Gasteiger partial charge >= 0.3 is 6.18 Å². The van der Waals surface area contributed by atoms with E-state index >= 15 is 0 Å². The Morgan fingerprint density at radius 3 is 2.65 bits per heavy atom. The smallest absolute Gasteiger partial charge is 0.329 e. The number of amides is 1. The van der Waals surface area contributed by atoms with Gasteiger partial charge in [0.15, 0.2) is 0 Å². The lowest BCUT2D eigenvalue weighted by atomic mass is 9.98. The number of benzene rings is 1. The van der Waals surface area contributed by atoms with Gasteiger partial charge in [-0.1, -0.05) is 12.1 Å². The topological polar surface area (TPSA) is 66.5 Å². The molecule has 1 aliphatic rings. The number of carbonyl (C=O) groups is 1. The Labute approximate surface area is 185 Å². The van der Waals surface area contributed by atoms with Gasteiger partial charge in [0.25, 0.3) is 0 Å². The van der Waals surface area contributed by atoms with Crippen LogP contribution in [0.1, 0.15) is 26.9 Å². The molecule has 1 aromatic carbocycles. The molecule has 0 saturated carbocycles. The molecule has 0 bridgehead atoms. The highest BCUT2D eigenvalue weighted by molar-refractivity contribution is 7.89. The maximum Gasteiger partial charge on any atom is 0.416 e. The Morgan fingerprint density at radius 2 is 1.94 bits per heavy atom. The molecule has 0 radical (unpaired) electrons. The fourth-order valence-corrected chi connectivity index (χ4v) is 6.30. The third-order valence-electron chi connectivity index (χ3n) is 4.98. The number of thiophene rings is 2. The summed E-state index contributed by atoms with van der Waals surface area (Å²) in [7, 11) is -4.29. The molecule has 1 N–H and O–H groups in total. The van der Waals surface area contributed by atoms with Crippen LogP contribution in [0, 0.1) is 0 Å². The number of hydrogen-bond donors (Lipinski definition) is 1. The Kier molecular flexibility index (Phi) is 5.95. The molecule has 1 atom stereocenters. The lowest BCUT2D eigenvalue weighted by molar-refractivity contribution is -0.137. The second-order valence-corrected chi connectivity index (χ2v) is 10.7. The minimum atomic E-state index is -4.67. The van der Waals surface area contributed by atoms with Gasteiger partial charge in [-0.3, -0.25) is 4.79 Å². The van der Waals surface area contributed by atoms with Crippen LogP contribution < -0.4 is 4.72 Å². The monoisotopic (exact) mass is 486 g/mol. The molecule has 5 nitrogen and oxygen atoms in total. The molecule has 3 heterocycles. The number of sulfonamides is 1. The highest BCUT2D eigenvalue weighted by atomic mass is 32.2. The van der Waals surface area contributed by atoms with Gasteiger partial charge in [0.05, 0.1) is 23.0 Å². The standard InChI is InChI=1S/C20H17F3N2O3S3/c21-20(22,23)13-3-1-4-14(11-13)31(27,28)24-12-18(26)25-8-6-16-15(7-10-30-16)19(25)17-5-2-9-29-17/h1-5,7,9-11,19,24H,6,8,12H2/t19-/m0/s1. The predicted molar refractivity (Wildman–Crippen MR) is 113 cm³/mol. The van der Waals surface area contributed by atoms with Crippen molar-refractivity contribution in [3.8, 4) is 0 Å². The van der Waals surface area contributed by atoms with Crippen LogP contribution in [0.3, 0.4) is 0 Å². The number of fused-ring (bicyclic) bond motifs is 1. The van der Waals surface area contributed by atoms with Crippen LogP contribution >= 0.6 is 22.7 Å². The average Bonchev–Trinajstić information content (AvgIpc) is 3.42. The van der Waals surface area contributed by atoms with Crippen molar-refractivity contribution in [3.63, 3.8) is 0 Å². The van der Waals surface area contributed by atoms with Gasteiger partial charge in [0.2, 0.25) is 15.9 Å². The number of halogens is 3. The van der Waals surface area contributed by atoms with E-state index in [-0.39, 0.29) is 6.04 Å². The number of rotatable bonds is 5. The van der Waals surface area contributed by atoms with Gasteiger partial charge in [-0.05, 0) is 53.1 Å². The SMILES string of the molecule is O=C(CNS(=O)(=O)c1cccc(C(F)(F)F)c1)N1CCc2sccc2[C@H]1c1cccs1. The first-order chi connectivity index (χ1) is 14.7. The van der Waals surface area contributed by atoms with Crippen molar-refractivity contribution in [1.82, 2.24) is 9.62 Å². The second kappa shape index (κ2) is 8.38. The normalized spacial score (nSPS) is 16.9. The second-order valence-electron chi connectivity index (χ2n) is 6.90. The van der Waals surface area contributed by atoms with Crippen molar-refractivity contribution in [3.05, 3.63) is 74.1 Å². The van der Waals surface area contributed by atoms with Gasteiger partial charge in [-0.25, -0.2) is 13.1 Å². The maximum absolute atomic E-state index is 13.0. The lowest BCUT2D eigenvalue weighted by Gasteiger charge is -2.35. The summed E-state index contributed by atoms with van der Waals surface area (Å²) in [6, 6.07) is 8.91. The Hall–Kier alpha value is -2.21. The fourth-order valence-electron chi connectivity index (χ4n) is 3.52. The molecule has 0 saturated heterocycles. The summed E-state index contributed by atoms with van der Waals surface area (Å²) in [6.45, 7) is -0.111. The quantitative estimate of drug-likeness (QED) is 0.586. The van der Waals surface area contributed by atoms with Crippen LogP contribution in [0.2, 0.25) is 0 Å². The van der Waals surface area contributed by atoms with Crippen molar-refractivity contribution < 1.29 is 26.4 Å². The number of alkyl halides is 3. The van der Waals surface area contributed by atoms with Crippen LogP contribution in [0.15, 0.2) is 58.1 Å². The predicted octanol–water partition coefficient (Wildman–Crippen LogP) is 4.28. The third-order valence-corrected chi connectivity index (χ3v) is 8.30. The summed E-state index contributed by atoms with van der Waals surface area (Å²) >= 11 is 3.13. The molecule has 0 fully saturated rings. The fraction of sp³-hybridized carbons (Fsp3) is 0.250. The summed E-state index contributed by atoms with van der Waals surface area (Å²) in [4.78, 5) is 16.2. The molecule has 4 rings (SSSR count). The van der Waals surface area contributed by atoms with Gasteiger partial charge in [-0.2, -0.15) is 13.2 Å². The van der Waals surface area contributed by atoms with E-state index in [0.29, 0.717) is 19.0 Å². The number of hydrogen-bond acceptors (Lipinski definition) is 5. The average molecular weight is 487 g/mol. The highest BCUT2D eigenvalue weighted by Gasteiger charge is 2.34. The highest BCUT2D eigenvalue weighted by Crippen LogP contribution is 2.39. The lowest BCUT2D eigenvalue weighted by Crippen LogP contribution is -2.45. The van der Waals surface area contributed by atoms with Crippen LogP contribution in [0.5, 0.6) is 0 Å². The minimum absolute atomic E-state index is 0.305.